The zero-order chi connectivity index (χ0) is 18.1. The molecule has 0 aliphatic carbocycles. The first-order chi connectivity index (χ1) is 11.4. The van der Waals surface area contributed by atoms with Crippen molar-refractivity contribution >= 4 is 5.91 Å². The number of nitroso groups, excluding NO2 is 1. The molecule has 1 rings (SSSR count). The number of pyridine rings is 1. The highest BCUT2D eigenvalue weighted by atomic mass is 16.6. The predicted octanol–water partition coefficient (Wildman–Crippen LogP) is 1.96. The predicted molar refractivity (Wildman–Crippen MR) is 87.5 cm³/mol. The lowest BCUT2D eigenvalue weighted by Gasteiger charge is -2.12. The van der Waals surface area contributed by atoms with E-state index >= 15 is 0 Å². The minimum atomic E-state index is -0.909. The van der Waals surface area contributed by atoms with E-state index in [-0.39, 0.29) is 18.0 Å². The Morgan fingerprint density at radius 1 is 1.58 bits per heavy atom. The Morgan fingerprint density at radius 3 is 2.83 bits per heavy atom. The maximum Gasteiger partial charge on any atom is 0.256 e. The van der Waals surface area contributed by atoms with Gasteiger partial charge in [-0.05, 0) is 24.6 Å². The number of aromatic nitrogens is 1. The second kappa shape index (κ2) is 9.33. The first kappa shape index (κ1) is 19.2. The van der Waals surface area contributed by atoms with Crippen LogP contribution in [0.3, 0.4) is 0 Å². The highest BCUT2D eigenvalue weighted by Crippen LogP contribution is 2.14. The number of ether oxygens (including phenoxy) is 1. The molecule has 9 heteroatoms. The van der Waals surface area contributed by atoms with Crippen molar-refractivity contribution in [2.24, 2.45) is 5.18 Å². The van der Waals surface area contributed by atoms with Gasteiger partial charge in [0.05, 0.1) is 7.11 Å². The van der Waals surface area contributed by atoms with Crippen LogP contribution in [0.2, 0.25) is 0 Å². The fourth-order valence-electron chi connectivity index (χ4n) is 2.08. The summed E-state index contributed by atoms with van der Waals surface area (Å²) in [5.41, 5.74) is 0.709. The molecule has 0 bridgehead atoms. The highest BCUT2D eigenvalue weighted by molar-refractivity contribution is 5.96. The van der Waals surface area contributed by atoms with Crippen molar-refractivity contribution in [3.8, 4) is 5.88 Å². The number of nitrogens with zero attached hydrogens (tertiary/aromatic N) is 3. The number of rotatable bonds is 9. The van der Waals surface area contributed by atoms with Gasteiger partial charge in [0.15, 0.2) is 0 Å². The standard InChI is InChI=1S/C15H20N4O5/c1-4-11(10(2)19(22)23)8-12(18-21)9-17-14(20)13-6-5-7-16-15(13)24-3/h5-8,10,12H,4,9H2,1-3H3,(H,17,20). The van der Waals surface area contributed by atoms with Crippen molar-refractivity contribution in [1.29, 1.82) is 0 Å². The summed E-state index contributed by atoms with van der Waals surface area (Å²) in [4.78, 5) is 37.4. The molecule has 0 spiro atoms. The van der Waals surface area contributed by atoms with Gasteiger partial charge in [-0.2, -0.15) is 4.91 Å². The van der Waals surface area contributed by atoms with Crippen LogP contribution in [-0.4, -0.2) is 41.6 Å². The third kappa shape index (κ3) is 5.11. The molecule has 0 aliphatic heterocycles. The van der Waals surface area contributed by atoms with E-state index in [1.807, 2.05) is 0 Å². The van der Waals surface area contributed by atoms with Crippen molar-refractivity contribution in [3.63, 3.8) is 0 Å². The van der Waals surface area contributed by atoms with E-state index < -0.39 is 22.9 Å². The van der Waals surface area contributed by atoms with Crippen molar-refractivity contribution < 1.29 is 14.5 Å². The molecule has 0 radical (unpaired) electrons. The van der Waals surface area contributed by atoms with E-state index in [2.05, 4.69) is 15.5 Å². The van der Waals surface area contributed by atoms with E-state index in [4.69, 9.17) is 4.74 Å². The van der Waals surface area contributed by atoms with Crippen LogP contribution < -0.4 is 10.1 Å². The number of hydrogen-bond acceptors (Lipinski definition) is 7. The second-order valence-electron chi connectivity index (χ2n) is 5.00. The fourth-order valence-corrected chi connectivity index (χ4v) is 2.08. The molecule has 1 aromatic rings. The molecule has 0 saturated carbocycles. The molecule has 2 unspecified atom stereocenters. The van der Waals surface area contributed by atoms with Crippen LogP contribution in [0.25, 0.3) is 0 Å². The van der Waals surface area contributed by atoms with E-state index in [9.17, 15) is 19.8 Å². The molecule has 130 valence electrons. The molecule has 24 heavy (non-hydrogen) atoms. The Labute approximate surface area is 139 Å². The summed E-state index contributed by atoms with van der Waals surface area (Å²) in [7, 11) is 1.39. The molecular weight excluding hydrogens is 316 g/mol. The SMILES string of the molecule is CCC(=CC(CNC(=O)c1cccnc1OC)N=O)C(C)[N+](=O)[O-]. The van der Waals surface area contributed by atoms with E-state index in [1.54, 1.807) is 13.0 Å². The normalized spacial score (nSPS) is 13.7. The zero-order valence-corrected chi connectivity index (χ0v) is 13.8. The Bertz CT molecular complexity index is 632. The number of nitrogens with one attached hydrogen (secondary N) is 1. The van der Waals surface area contributed by atoms with Crippen LogP contribution >= 0.6 is 0 Å². The average molecular weight is 336 g/mol. The summed E-state index contributed by atoms with van der Waals surface area (Å²) in [5, 5.41) is 16.3. The Morgan fingerprint density at radius 2 is 2.29 bits per heavy atom. The molecule has 1 N–H and O–H groups in total. The van der Waals surface area contributed by atoms with Crippen LogP contribution in [0.1, 0.15) is 30.6 Å². The molecule has 0 aliphatic rings. The lowest BCUT2D eigenvalue weighted by Crippen LogP contribution is -2.31. The van der Waals surface area contributed by atoms with Gasteiger partial charge in [-0.3, -0.25) is 14.9 Å². The van der Waals surface area contributed by atoms with Gasteiger partial charge in [0.25, 0.3) is 5.91 Å². The van der Waals surface area contributed by atoms with Gasteiger partial charge in [-0.15, -0.1) is 0 Å². The zero-order valence-electron chi connectivity index (χ0n) is 13.8. The topological polar surface area (TPSA) is 124 Å². The van der Waals surface area contributed by atoms with Crippen molar-refractivity contribution in [2.75, 3.05) is 13.7 Å². The minimum absolute atomic E-state index is 0.0751. The van der Waals surface area contributed by atoms with Gasteiger partial charge in [0.2, 0.25) is 11.9 Å². The van der Waals surface area contributed by atoms with Gasteiger partial charge < -0.3 is 10.1 Å². The number of carbonyl (C=O) groups excluding carboxylic acids is 1. The van der Waals surface area contributed by atoms with Gasteiger partial charge >= 0.3 is 0 Å². The molecule has 0 fully saturated rings. The molecule has 9 nitrogen and oxygen atoms in total. The second-order valence-corrected chi connectivity index (χ2v) is 5.00. The minimum Gasteiger partial charge on any atom is -0.480 e. The first-order valence-electron chi connectivity index (χ1n) is 7.38. The summed E-state index contributed by atoms with van der Waals surface area (Å²) in [6, 6.07) is 1.32. The van der Waals surface area contributed by atoms with Crippen molar-refractivity contribution in [3.05, 3.63) is 50.6 Å². The van der Waals surface area contributed by atoms with E-state index in [0.717, 1.165) is 0 Å². The summed E-state index contributed by atoms with van der Waals surface area (Å²) in [5.74, 6) is -0.306. The van der Waals surface area contributed by atoms with Crippen LogP contribution in [0.4, 0.5) is 0 Å². The Hall–Kier alpha value is -2.84. The monoisotopic (exact) mass is 336 g/mol. The van der Waals surface area contributed by atoms with Crippen LogP contribution in [0, 0.1) is 15.0 Å². The van der Waals surface area contributed by atoms with Crippen LogP contribution in [0.5, 0.6) is 5.88 Å². The average Bonchev–Trinajstić information content (AvgIpc) is 2.61. The quantitative estimate of drug-likeness (QED) is 0.318. The summed E-state index contributed by atoms with van der Waals surface area (Å²) in [6.45, 7) is 3.12. The molecule has 0 aromatic carbocycles. The molecular formula is C15H20N4O5. The molecule has 0 saturated heterocycles. The Kier molecular flexibility index (Phi) is 7.47. The Balaban J connectivity index is 2.80. The largest absolute Gasteiger partial charge is 0.480 e. The third-order valence-corrected chi connectivity index (χ3v) is 3.48. The van der Waals surface area contributed by atoms with Crippen molar-refractivity contribution in [1.82, 2.24) is 10.3 Å². The lowest BCUT2D eigenvalue weighted by atomic mass is 10.0. The van der Waals surface area contributed by atoms with Gasteiger partial charge in [0.1, 0.15) is 11.6 Å². The number of methoxy groups -OCH3 is 1. The van der Waals surface area contributed by atoms with Gasteiger partial charge in [0, 0.05) is 30.2 Å². The summed E-state index contributed by atoms with van der Waals surface area (Å²) < 4.78 is 5.00. The number of amides is 1. The van der Waals surface area contributed by atoms with Gasteiger partial charge in [-0.1, -0.05) is 12.1 Å². The maximum atomic E-state index is 12.1. The molecule has 1 aromatic heterocycles. The van der Waals surface area contributed by atoms with Crippen LogP contribution in [-0.2, 0) is 0 Å². The van der Waals surface area contributed by atoms with E-state index in [1.165, 1.54) is 32.4 Å². The third-order valence-electron chi connectivity index (χ3n) is 3.48. The van der Waals surface area contributed by atoms with Crippen LogP contribution in [0.15, 0.2) is 35.2 Å². The van der Waals surface area contributed by atoms with E-state index in [0.29, 0.717) is 12.0 Å². The molecule has 1 amide bonds. The maximum absolute atomic E-state index is 12.1. The highest BCUT2D eigenvalue weighted by Gasteiger charge is 2.20. The van der Waals surface area contributed by atoms with Gasteiger partial charge in [-0.25, -0.2) is 4.98 Å². The molecule has 1 heterocycles. The lowest BCUT2D eigenvalue weighted by molar-refractivity contribution is -0.508. The van der Waals surface area contributed by atoms with Crippen molar-refractivity contribution in [2.45, 2.75) is 32.4 Å². The number of carbonyl (C=O) groups is 1. The number of hydrogen-bond donors (Lipinski definition) is 1. The molecule has 2 atom stereocenters. The fraction of sp³-hybridized carbons (Fsp3) is 0.467. The summed E-state index contributed by atoms with van der Waals surface area (Å²) in [6.07, 6.45) is 3.33. The number of nitro groups is 1. The summed E-state index contributed by atoms with van der Waals surface area (Å²) >= 11 is 0. The smallest absolute Gasteiger partial charge is 0.256 e. The first-order valence-corrected chi connectivity index (χ1v) is 7.38.